The molecule has 0 aliphatic carbocycles. The first-order valence-electron chi connectivity index (χ1n) is 9.82. The molecule has 4 rings (SSSR count). The predicted molar refractivity (Wildman–Crippen MR) is 117 cm³/mol. The molecule has 27 heavy (non-hydrogen) atoms. The van der Waals surface area contributed by atoms with E-state index in [9.17, 15) is 0 Å². The number of hydrogen-bond acceptors (Lipinski definition) is 2. The number of nitrogens with one attached hydrogen (secondary N) is 1. The molecule has 138 valence electrons. The topological polar surface area (TPSA) is 67.8 Å². The van der Waals surface area contributed by atoms with Crippen molar-refractivity contribution in [2.75, 3.05) is 11.5 Å². The Hall–Kier alpha value is -2.94. The van der Waals surface area contributed by atoms with Crippen molar-refractivity contribution in [3.63, 3.8) is 0 Å². The van der Waals surface area contributed by atoms with Crippen molar-refractivity contribution in [2.45, 2.75) is 39.0 Å². The van der Waals surface area contributed by atoms with Gasteiger partial charge in [-0.1, -0.05) is 44.0 Å². The second-order valence-electron chi connectivity index (χ2n) is 7.44. The van der Waals surface area contributed by atoms with Gasteiger partial charge >= 0.3 is 0 Å². The smallest absolute Gasteiger partial charge is 0.0502 e. The highest BCUT2D eigenvalue weighted by atomic mass is 14.7. The number of fused-ring (bicyclic) bond motifs is 3. The Kier molecular flexibility index (Phi) is 4.76. The summed E-state index contributed by atoms with van der Waals surface area (Å²) in [6.07, 6.45) is 5.78. The average Bonchev–Trinajstić information content (AvgIpc) is 3.01. The van der Waals surface area contributed by atoms with E-state index < -0.39 is 0 Å². The molecule has 5 N–H and O–H groups in total. The first-order valence-corrected chi connectivity index (χ1v) is 9.82. The van der Waals surface area contributed by atoms with Gasteiger partial charge < -0.3 is 16.5 Å². The van der Waals surface area contributed by atoms with Gasteiger partial charge in [0, 0.05) is 27.7 Å². The second kappa shape index (κ2) is 7.36. The predicted octanol–water partition coefficient (Wildman–Crippen LogP) is 5.81. The molecule has 3 heteroatoms. The van der Waals surface area contributed by atoms with Gasteiger partial charge in [-0.05, 0) is 66.3 Å². The summed E-state index contributed by atoms with van der Waals surface area (Å²) in [6, 6.07) is 18.9. The zero-order chi connectivity index (χ0) is 18.8. The van der Waals surface area contributed by atoms with Gasteiger partial charge in [0.1, 0.15) is 0 Å². The zero-order valence-electron chi connectivity index (χ0n) is 15.9. The third-order valence-electron chi connectivity index (χ3n) is 5.38. The minimum atomic E-state index is 0.772. The van der Waals surface area contributed by atoms with Crippen LogP contribution in [0.3, 0.4) is 0 Å². The van der Waals surface area contributed by atoms with Gasteiger partial charge in [0.2, 0.25) is 0 Å². The lowest BCUT2D eigenvalue weighted by atomic mass is 9.95. The van der Waals surface area contributed by atoms with Crippen LogP contribution in [0.2, 0.25) is 0 Å². The number of nitrogen functional groups attached to an aromatic ring is 2. The van der Waals surface area contributed by atoms with E-state index in [0.29, 0.717) is 0 Å². The molecule has 0 saturated carbocycles. The molecule has 3 aromatic carbocycles. The van der Waals surface area contributed by atoms with Gasteiger partial charge in [-0.3, -0.25) is 0 Å². The van der Waals surface area contributed by atoms with Gasteiger partial charge in [-0.25, -0.2) is 0 Å². The first-order chi connectivity index (χ1) is 13.2. The summed E-state index contributed by atoms with van der Waals surface area (Å²) < 4.78 is 0. The molecular formula is C24H27N3. The summed E-state index contributed by atoms with van der Waals surface area (Å²) in [4.78, 5) is 3.58. The molecule has 3 nitrogen and oxygen atoms in total. The van der Waals surface area contributed by atoms with Crippen LogP contribution in [0.25, 0.3) is 21.8 Å². The van der Waals surface area contributed by atoms with Crippen molar-refractivity contribution in [1.29, 1.82) is 0 Å². The van der Waals surface area contributed by atoms with Gasteiger partial charge in [0.15, 0.2) is 0 Å². The second-order valence-corrected chi connectivity index (χ2v) is 7.44. The van der Waals surface area contributed by atoms with Crippen LogP contribution in [0.5, 0.6) is 0 Å². The molecule has 4 aromatic rings. The maximum atomic E-state index is 6.26. The van der Waals surface area contributed by atoms with Crippen LogP contribution < -0.4 is 11.5 Å². The minimum Gasteiger partial charge on any atom is -0.399 e. The third kappa shape index (κ3) is 3.50. The Morgan fingerprint density at radius 2 is 1.56 bits per heavy atom. The number of aromatic nitrogens is 1. The highest BCUT2D eigenvalue weighted by molar-refractivity contribution is 6.10. The van der Waals surface area contributed by atoms with Crippen LogP contribution in [0.4, 0.5) is 11.4 Å². The number of hydrogen-bond donors (Lipinski definition) is 3. The van der Waals surface area contributed by atoms with E-state index >= 15 is 0 Å². The van der Waals surface area contributed by atoms with E-state index in [1.165, 1.54) is 36.0 Å². The summed E-state index contributed by atoms with van der Waals surface area (Å²) in [5.74, 6) is 0. The van der Waals surface area contributed by atoms with Crippen molar-refractivity contribution >= 4 is 33.2 Å². The summed E-state index contributed by atoms with van der Waals surface area (Å²) in [5, 5.41) is 2.28. The van der Waals surface area contributed by atoms with Gasteiger partial charge in [0.05, 0.1) is 5.52 Å². The van der Waals surface area contributed by atoms with Crippen LogP contribution in [-0.4, -0.2) is 4.98 Å². The maximum absolute atomic E-state index is 6.26. The number of rotatable bonds is 6. The van der Waals surface area contributed by atoms with Gasteiger partial charge in [-0.15, -0.1) is 0 Å². The number of aryl methyl sites for hydroxylation is 1. The molecule has 0 unspecified atom stereocenters. The molecule has 1 heterocycles. The summed E-state index contributed by atoms with van der Waals surface area (Å²) in [7, 11) is 0. The summed E-state index contributed by atoms with van der Waals surface area (Å²) in [6.45, 7) is 2.25. The van der Waals surface area contributed by atoms with Crippen molar-refractivity contribution in [3.05, 3.63) is 71.3 Å². The Bertz CT molecular complexity index is 1090. The Labute approximate surface area is 160 Å². The van der Waals surface area contributed by atoms with Crippen LogP contribution in [-0.2, 0) is 12.8 Å². The molecule has 0 saturated heterocycles. The molecule has 0 spiro atoms. The van der Waals surface area contributed by atoms with E-state index in [1.54, 1.807) is 0 Å². The van der Waals surface area contributed by atoms with E-state index in [4.69, 9.17) is 11.5 Å². The lowest BCUT2D eigenvalue weighted by molar-refractivity contribution is 0.714. The van der Waals surface area contributed by atoms with Crippen molar-refractivity contribution < 1.29 is 0 Å². The molecule has 0 bridgehead atoms. The monoisotopic (exact) mass is 357 g/mol. The normalized spacial score (nSPS) is 11.4. The number of unbranched alkanes of at least 4 members (excludes halogenated alkanes) is 2. The van der Waals surface area contributed by atoms with E-state index in [-0.39, 0.29) is 0 Å². The molecule has 0 fully saturated rings. The first kappa shape index (κ1) is 17.5. The van der Waals surface area contributed by atoms with Crippen LogP contribution in [0.1, 0.15) is 42.9 Å². The van der Waals surface area contributed by atoms with Gasteiger partial charge in [-0.2, -0.15) is 0 Å². The molecule has 0 aliphatic rings. The van der Waals surface area contributed by atoms with Crippen LogP contribution in [0.15, 0.2) is 54.6 Å². The van der Waals surface area contributed by atoms with E-state index in [0.717, 1.165) is 46.0 Å². The maximum Gasteiger partial charge on any atom is 0.0502 e. The highest BCUT2D eigenvalue weighted by Crippen LogP contribution is 2.32. The van der Waals surface area contributed by atoms with Crippen molar-refractivity contribution in [3.8, 4) is 0 Å². The fraction of sp³-hybridized carbons (Fsp3) is 0.250. The molecule has 0 radical (unpaired) electrons. The molecular weight excluding hydrogens is 330 g/mol. The standard InChI is InChI=1S/C24H27N3/c1-2-3-4-7-16-8-5-6-9-17(16)12-18-13-20(26)15-22-21-14-19(25)10-11-23(21)27-24(18)22/h5-6,8-11,13-15,27H,2-4,7,12,25-26H2,1H3. The van der Waals surface area contributed by atoms with E-state index in [1.807, 2.05) is 24.3 Å². The van der Waals surface area contributed by atoms with Crippen molar-refractivity contribution in [1.82, 2.24) is 4.98 Å². The van der Waals surface area contributed by atoms with Crippen molar-refractivity contribution in [2.24, 2.45) is 0 Å². The molecule has 0 atom stereocenters. The summed E-state index contributed by atoms with van der Waals surface area (Å²) >= 11 is 0. The Morgan fingerprint density at radius 1 is 0.778 bits per heavy atom. The van der Waals surface area contributed by atoms with Crippen LogP contribution >= 0.6 is 0 Å². The largest absolute Gasteiger partial charge is 0.399 e. The number of aromatic amines is 1. The number of H-pyrrole nitrogens is 1. The molecule has 1 aromatic heterocycles. The quantitative estimate of drug-likeness (QED) is 0.301. The number of anilines is 2. The SMILES string of the molecule is CCCCCc1ccccc1Cc1cc(N)cc2c1[nH]c1ccc(N)cc12. The number of nitrogens with two attached hydrogens (primary N) is 2. The van der Waals surface area contributed by atoms with Gasteiger partial charge in [0.25, 0.3) is 0 Å². The van der Waals surface area contributed by atoms with Crippen LogP contribution in [0, 0.1) is 0 Å². The Balaban J connectivity index is 1.78. The third-order valence-corrected chi connectivity index (χ3v) is 5.38. The fourth-order valence-electron chi connectivity index (χ4n) is 4.00. The molecule has 0 amide bonds. The Morgan fingerprint density at radius 3 is 2.37 bits per heavy atom. The summed E-state index contributed by atoms with van der Waals surface area (Å²) in [5.41, 5.74) is 20.2. The lowest BCUT2D eigenvalue weighted by Gasteiger charge is -2.11. The average molecular weight is 358 g/mol. The fourth-order valence-corrected chi connectivity index (χ4v) is 4.00. The molecule has 0 aliphatic heterocycles. The highest BCUT2D eigenvalue weighted by Gasteiger charge is 2.12. The van der Waals surface area contributed by atoms with E-state index in [2.05, 4.69) is 42.2 Å². The number of benzene rings is 3. The zero-order valence-corrected chi connectivity index (χ0v) is 15.9. The minimum absolute atomic E-state index is 0.772. The lowest BCUT2D eigenvalue weighted by Crippen LogP contribution is -1.98.